The molecular formula is C15H23NO3. The average Bonchev–Trinajstić information content (AvgIpc) is 2.27. The summed E-state index contributed by atoms with van der Waals surface area (Å²) in [6.45, 7) is 9.32. The molecule has 0 aliphatic carbocycles. The highest BCUT2D eigenvalue weighted by atomic mass is 16.6. The molecule has 0 spiro atoms. The van der Waals surface area contributed by atoms with Crippen molar-refractivity contribution >= 4 is 11.7 Å². The highest BCUT2D eigenvalue weighted by Crippen LogP contribution is 2.26. The Hall–Kier alpha value is -1.71. The molecule has 0 radical (unpaired) electrons. The summed E-state index contributed by atoms with van der Waals surface area (Å²) in [5.41, 5.74) is 1.41. The van der Waals surface area contributed by atoms with E-state index in [2.05, 4.69) is 5.32 Å². The first kappa shape index (κ1) is 15.3. The van der Waals surface area contributed by atoms with Crippen molar-refractivity contribution in [1.82, 2.24) is 0 Å². The quantitative estimate of drug-likeness (QED) is 0.850. The zero-order valence-electron chi connectivity index (χ0n) is 12.5. The van der Waals surface area contributed by atoms with E-state index in [4.69, 9.17) is 9.47 Å². The number of benzene rings is 1. The molecule has 0 aliphatic heterocycles. The number of hydrogen-bond donors (Lipinski definition) is 1. The number of methoxy groups -OCH3 is 1. The molecule has 0 bridgehead atoms. The molecule has 1 rings (SSSR count). The van der Waals surface area contributed by atoms with Gasteiger partial charge < -0.3 is 14.8 Å². The van der Waals surface area contributed by atoms with Crippen LogP contribution in [0.1, 0.15) is 33.3 Å². The smallest absolute Gasteiger partial charge is 0.328 e. The molecular weight excluding hydrogens is 242 g/mol. The van der Waals surface area contributed by atoms with Crippen LogP contribution in [0.3, 0.4) is 0 Å². The minimum atomic E-state index is -0.482. The fourth-order valence-electron chi connectivity index (χ4n) is 1.62. The third-order valence-electron chi connectivity index (χ3n) is 2.49. The van der Waals surface area contributed by atoms with E-state index in [9.17, 15) is 4.79 Å². The number of nitrogens with one attached hydrogen (secondary N) is 1. The van der Waals surface area contributed by atoms with E-state index < -0.39 is 11.6 Å². The Balaban J connectivity index is 2.79. The molecule has 0 amide bonds. The van der Waals surface area contributed by atoms with Gasteiger partial charge in [-0.1, -0.05) is 6.07 Å². The molecule has 19 heavy (non-hydrogen) atoms. The zero-order valence-corrected chi connectivity index (χ0v) is 12.5. The van der Waals surface area contributed by atoms with Crippen LogP contribution in [0, 0.1) is 6.92 Å². The molecule has 0 saturated carbocycles. The molecule has 0 aliphatic rings. The second-order valence-corrected chi connectivity index (χ2v) is 5.60. The van der Waals surface area contributed by atoms with Gasteiger partial charge in [0.25, 0.3) is 0 Å². The second-order valence-electron chi connectivity index (χ2n) is 5.60. The van der Waals surface area contributed by atoms with Crippen LogP contribution < -0.4 is 10.1 Å². The predicted octanol–water partition coefficient (Wildman–Crippen LogP) is 3.15. The van der Waals surface area contributed by atoms with Gasteiger partial charge in [0, 0.05) is 0 Å². The first-order valence-electron chi connectivity index (χ1n) is 6.37. The van der Waals surface area contributed by atoms with Crippen molar-refractivity contribution in [2.24, 2.45) is 0 Å². The van der Waals surface area contributed by atoms with Crippen molar-refractivity contribution in [3.63, 3.8) is 0 Å². The van der Waals surface area contributed by atoms with E-state index >= 15 is 0 Å². The van der Waals surface area contributed by atoms with Crippen molar-refractivity contribution in [3.8, 4) is 5.75 Å². The zero-order chi connectivity index (χ0) is 14.6. The van der Waals surface area contributed by atoms with E-state index in [1.54, 1.807) is 14.0 Å². The van der Waals surface area contributed by atoms with Gasteiger partial charge in [-0.15, -0.1) is 0 Å². The summed E-state index contributed by atoms with van der Waals surface area (Å²) in [4.78, 5) is 11.9. The number of hydrogen-bond acceptors (Lipinski definition) is 4. The van der Waals surface area contributed by atoms with Gasteiger partial charge in [0.15, 0.2) is 0 Å². The number of carbonyl (C=O) groups excluding carboxylic acids is 1. The molecule has 1 N–H and O–H groups in total. The SMILES string of the molecule is COc1ccc(C)cc1NC(C)C(=O)OC(C)(C)C. The number of rotatable bonds is 4. The normalized spacial score (nSPS) is 12.7. The highest BCUT2D eigenvalue weighted by molar-refractivity contribution is 5.80. The fourth-order valence-corrected chi connectivity index (χ4v) is 1.62. The standard InChI is InChI=1S/C15H23NO3/c1-10-7-8-13(18-6)12(9-10)16-11(2)14(17)19-15(3,4)5/h7-9,11,16H,1-6H3. The summed E-state index contributed by atoms with van der Waals surface area (Å²) in [5, 5.41) is 3.13. The van der Waals surface area contributed by atoms with Gasteiger partial charge in [0.1, 0.15) is 17.4 Å². The molecule has 1 unspecified atom stereocenters. The fraction of sp³-hybridized carbons (Fsp3) is 0.533. The summed E-state index contributed by atoms with van der Waals surface area (Å²) in [6.07, 6.45) is 0. The lowest BCUT2D eigenvalue weighted by molar-refractivity contribution is -0.155. The van der Waals surface area contributed by atoms with Crippen LogP contribution in [0.15, 0.2) is 18.2 Å². The summed E-state index contributed by atoms with van der Waals surface area (Å²) < 4.78 is 10.6. The average molecular weight is 265 g/mol. The maximum Gasteiger partial charge on any atom is 0.328 e. The van der Waals surface area contributed by atoms with E-state index in [0.717, 1.165) is 11.3 Å². The molecule has 0 aromatic heterocycles. The maximum atomic E-state index is 11.9. The number of esters is 1. The van der Waals surface area contributed by atoms with Gasteiger partial charge in [0.2, 0.25) is 0 Å². The van der Waals surface area contributed by atoms with Crippen LogP contribution in [0.2, 0.25) is 0 Å². The molecule has 0 fully saturated rings. The molecule has 1 aromatic carbocycles. The van der Waals surface area contributed by atoms with E-state index in [1.165, 1.54) is 0 Å². The van der Waals surface area contributed by atoms with Crippen molar-refractivity contribution in [3.05, 3.63) is 23.8 Å². The number of anilines is 1. The van der Waals surface area contributed by atoms with Crippen LogP contribution in [-0.2, 0) is 9.53 Å². The molecule has 0 heterocycles. The van der Waals surface area contributed by atoms with Crippen LogP contribution in [-0.4, -0.2) is 24.7 Å². The number of ether oxygens (including phenoxy) is 2. The van der Waals surface area contributed by atoms with Crippen molar-refractivity contribution in [2.75, 3.05) is 12.4 Å². The third-order valence-corrected chi connectivity index (χ3v) is 2.49. The number of aryl methyl sites for hydroxylation is 1. The summed E-state index contributed by atoms with van der Waals surface area (Å²) in [7, 11) is 1.61. The molecule has 4 heteroatoms. The Morgan fingerprint density at radius 2 is 1.95 bits per heavy atom. The van der Waals surface area contributed by atoms with Gasteiger partial charge in [-0.2, -0.15) is 0 Å². The van der Waals surface area contributed by atoms with Crippen molar-refractivity contribution in [1.29, 1.82) is 0 Å². The van der Waals surface area contributed by atoms with Crippen LogP contribution in [0.5, 0.6) is 5.75 Å². The Kier molecular flexibility index (Phi) is 4.81. The topological polar surface area (TPSA) is 47.6 Å². The minimum Gasteiger partial charge on any atom is -0.495 e. The first-order chi connectivity index (χ1) is 8.73. The highest BCUT2D eigenvalue weighted by Gasteiger charge is 2.22. The van der Waals surface area contributed by atoms with Gasteiger partial charge in [-0.05, 0) is 52.3 Å². The van der Waals surface area contributed by atoms with Gasteiger partial charge in [0.05, 0.1) is 12.8 Å². The first-order valence-corrected chi connectivity index (χ1v) is 6.37. The Morgan fingerprint density at radius 3 is 2.47 bits per heavy atom. The van der Waals surface area contributed by atoms with Crippen LogP contribution in [0.4, 0.5) is 5.69 Å². The van der Waals surface area contributed by atoms with E-state index in [-0.39, 0.29) is 5.97 Å². The van der Waals surface area contributed by atoms with Gasteiger partial charge >= 0.3 is 5.97 Å². The lowest BCUT2D eigenvalue weighted by Gasteiger charge is -2.23. The molecule has 106 valence electrons. The van der Waals surface area contributed by atoms with Crippen molar-refractivity contribution in [2.45, 2.75) is 46.3 Å². The van der Waals surface area contributed by atoms with Gasteiger partial charge in [-0.25, -0.2) is 4.79 Å². The maximum absolute atomic E-state index is 11.9. The lowest BCUT2D eigenvalue weighted by atomic mass is 10.1. The van der Waals surface area contributed by atoms with E-state index in [1.807, 2.05) is 45.9 Å². The summed E-state index contributed by atoms with van der Waals surface area (Å²) in [5.74, 6) is 0.428. The third kappa shape index (κ3) is 4.81. The Morgan fingerprint density at radius 1 is 1.32 bits per heavy atom. The van der Waals surface area contributed by atoms with Crippen molar-refractivity contribution < 1.29 is 14.3 Å². The minimum absolute atomic E-state index is 0.281. The van der Waals surface area contributed by atoms with E-state index in [0.29, 0.717) is 5.75 Å². The number of carbonyl (C=O) groups is 1. The molecule has 0 saturated heterocycles. The Bertz CT molecular complexity index is 449. The largest absolute Gasteiger partial charge is 0.495 e. The lowest BCUT2D eigenvalue weighted by Crippen LogP contribution is -2.34. The van der Waals surface area contributed by atoms with Gasteiger partial charge in [-0.3, -0.25) is 0 Å². The molecule has 4 nitrogen and oxygen atoms in total. The second kappa shape index (κ2) is 5.95. The summed E-state index contributed by atoms with van der Waals surface area (Å²) in [6, 6.07) is 5.34. The molecule has 1 aromatic rings. The Labute approximate surface area is 115 Å². The summed E-state index contributed by atoms with van der Waals surface area (Å²) >= 11 is 0. The monoisotopic (exact) mass is 265 g/mol. The molecule has 1 atom stereocenters. The van der Waals surface area contributed by atoms with Crippen LogP contribution in [0.25, 0.3) is 0 Å². The van der Waals surface area contributed by atoms with Crippen LogP contribution >= 0.6 is 0 Å². The predicted molar refractivity (Wildman–Crippen MR) is 76.7 cm³/mol.